The zero-order valence-corrected chi connectivity index (χ0v) is 5.94. The molecule has 0 atom stereocenters. The van der Waals surface area contributed by atoms with Crippen LogP contribution < -0.4 is 5.32 Å². The Bertz CT molecular complexity index is 192. The van der Waals surface area contributed by atoms with Crippen LogP contribution in [0.3, 0.4) is 0 Å². The molecule has 0 spiro atoms. The normalized spacial score (nSPS) is 11.3. The highest BCUT2D eigenvalue weighted by molar-refractivity contribution is 5.65. The zero-order valence-electron chi connectivity index (χ0n) is 5.94. The molecule has 0 aromatic rings. The van der Waals surface area contributed by atoms with Crippen LogP contribution in [-0.4, -0.2) is 12.6 Å². The lowest BCUT2D eigenvalue weighted by atomic mass is 10.5. The number of hydrogen-bond donors (Lipinski definition) is 1. The molecule has 0 amide bonds. The Morgan fingerprint density at radius 3 is 2.00 bits per heavy atom. The second kappa shape index (κ2) is 8.36. The van der Waals surface area contributed by atoms with Gasteiger partial charge in [0.05, 0.1) is 0 Å². The maximum atomic E-state index is 9.74. The first-order valence-electron chi connectivity index (χ1n) is 3.05. The summed E-state index contributed by atoms with van der Waals surface area (Å²) in [5.74, 6) is 0. The quantitative estimate of drug-likeness (QED) is 0.354. The first-order valence-corrected chi connectivity index (χ1v) is 3.05. The van der Waals surface area contributed by atoms with Gasteiger partial charge in [-0.2, -0.15) is 0 Å². The van der Waals surface area contributed by atoms with Crippen LogP contribution in [0.2, 0.25) is 0 Å². The highest BCUT2D eigenvalue weighted by Gasteiger charge is 1.64. The van der Waals surface area contributed by atoms with E-state index in [0.717, 1.165) is 0 Å². The van der Waals surface area contributed by atoms with E-state index < -0.39 is 0 Å². The number of aldehydes is 2. The summed E-state index contributed by atoms with van der Waals surface area (Å²) in [6, 6.07) is 0. The summed E-state index contributed by atoms with van der Waals surface area (Å²) in [7, 11) is 0. The maximum absolute atomic E-state index is 9.74. The topological polar surface area (TPSA) is 46.2 Å². The summed E-state index contributed by atoms with van der Waals surface area (Å²) >= 11 is 0. The minimum atomic E-state index is 0.669. The molecule has 0 saturated heterocycles. The van der Waals surface area contributed by atoms with Gasteiger partial charge in [0.15, 0.2) is 0 Å². The first kappa shape index (κ1) is 9.36. The smallest absolute Gasteiger partial charge is 0.144 e. The Labute approximate surface area is 65.1 Å². The van der Waals surface area contributed by atoms with Crippen molar-refractivity contribution in [3.05, 3.63) is 36.7 Å². The molecular formula is C8H9NO2. The second-order valence-corrected chi connectivity index (χ2v) is 1.54. The molecule has 0 unspecified atom stereocenters. The summed E-state index contributed by atoms with van der Waals surface area (Å²) in [5, 5.41) is 2.69. The van der Waals surface area contributed by atoms with E-state index in [4.69, 9.17) is 0 Å². The first-order chi connectivity index (χ1) is 5.41. The van der Waals surface area contributed by atoms with Crippen LogP contribution >= 0.6 is 0 Å². The van der Waals surface area contributed by atoms with E-state index in [1.165, 1.54) is 18.4 Å². The SMILES string of the molecule is O=CC=CC=CN/C=C/C=O. The average molecular weight is 151 g/mol. The average Bonchev–Trinajstić information content (AvgIpc) is 2.03. The number of allylic oxidation sites excluding steroid dienone is 4. The van der Waals surface area contributed by atoms with E-state index in [-0.39, 0.29) is 0 Å². The Morgan fingerprint density at radius 1 is 0.727 bits per heavy atom. The molecule has 58 valence electrons. The molecule has 0 heterocycles. The van der Waals surface area contributed by atoms with Gasteiger partial charge in [-0.05, 0) is 18.2 Å². The van der Waals surface area contributed by atoms with E-state index >= 15 is 0 Å². The third-order valence-corrected chi connectivity index (χ3v) is 0.764. The molecule has 0 aliphatic rings. The minimum Gasteiger partial charge on any atom is -0.368 e. The lowest BCUT2D eigenvalue weighted by molar-refractivity contribution is -0.104. The predicted molar refractivity (Wildman–Crippen MR) is 42.7 cm³/mol. The third kappa shape index (κ3) is 8.36. The molecule has 0 bridgehead atoms. The van der Waals surface area contributed by atoms with Gasteiger partial charge in [0.1, 0.15) is 12.6 Å². The van der Waals surface area contributed by atoms with Gasteiger partial charge in [0.2, 0.25) is 0 Å². The van der Waals surface area contributed by atoms with Crippen molar-refractivity contribution < 1.29 is 9.59 Å². The van der Waals surface area contributed by atoms with Crippen molar-refractivity contribution in [1.29, 1.82) is 0 Å². The number of carbonyl (C=O) groups is 2. The van der Waals surface area contributed by atoms with Crippen LogP contribution in [0.15, 0.2) is 36.7 Å². The second-order valence-electron chi connectivity index (χ2n) is 1.54. The number of rotatable bonds is 5. The highest BCUT2D eigenvalue weighted by Crippen LogP contribution is 1.71. The van der Waals surface area contributed by atoms with Gasteiger partial charge in [0, 0.05) is 12.4 Å². The monoisotopic (exact) mass is 151 g/mol. The van der Waals surface area contributed by atoms with Crippen molar-refractivity contribution in [3.8, 4) is 0 Å². The van der Waals surface area contributed by atoms with Gasteiger partial charge in [-0.15, -0.1) is 0 Å². The number of nitrogens with one attached hydrogen (secondary N) is 1. The van der Waals surface area contributed by atoms with Crippen molar-refractivity contribution >= 4 is 12.6 Å². The van der Waals surface area contributed by atoms with E-state index in [1.54, 1.807) is 18.4 Å². The van der Waals surface area contributed by atoms with Crippen molar-refractivity contribution in [3.63, 3.8) is 0 Å². The molecule has 0 saturated carbocycles. The fourth-order valence-corrected chi connectivity index (χ4v) is 0.371. The van der Waals surface area contributed by atoms with Gasteiger partial charge in [-0.3, -0.25) is 9.59 Å². The summed E-state index contributed by atoms with van der Waals surface area (Å²) in [5.41, 5.74) is 0. The standard InChI is InChI=1S/C8H9NO2/c10-7-3-1-2-5-9-6-4-8-11/h1-9H/b3-1?,5-2?,6-4+. The molecule has 0 fully saturated rings. The fraction of sp³-hybridized carbons (Fsp3) is 0. The molecule has 0 aliphatic heterocycles. The summed E-state index contributed by atoms with van der Waals surface area (Å²) in [4.78, 5) is 19.5. The number of carbonyl (C=O) groups excluding carboxylic acids is 2. The molecule has 0 rings (SSSR count). The van der Waals surface area contributed by atoms with Crippen LogP contribution in [0, 0.1) is 0 Å². The van der Waals surface area contributed by atoms with Gasteiger partial charge >= 0.3 is 0 Å². The zero-order chi connectivity index (χ0) is 8.36. The molecule has 1 N–H and O–H groups in total. The highest BCUT2D eigenvalue weighted by atomic mass is 16.1. The number of hydrogen-bond acceptors (Lipinski definition) is 3. The van der Waals surface area contributed by atoms with Gasteiger partial charge < -0.3 is 5.32 Å². The largest absolute Gasteiger partial charge is 0.368 e. The minimum absolute atomic E-state index is 0.669. The Balaban J connectivity index is 3.44. The molecule has 11 heavy (non-hydrogen) atoms. The molecule has 3 heteroatoms. The maximum Gasteiger partial charge on any atom is 0.144 e. The molecule has 0 radical (unpaired) electrons. The molecule has 0 aromatic heterocycles. The summed E-state index contributed by atoms with van der Waals surface area (Å²) in [6.07, 6.45) is 10.3. The predicted octanol–water partition coefficient (Wildman–Crippen LogP) is 0.557. The van der Waals surface area contributed by atoms with E-state index in [1.807, 2.05) is 0 Å². The van der Waals surface area contributed by atoms with Crippen molar-refractivity contribution in [1.82, 2.24) is 5.32 Å². The molecule has 0 aromatic carbocycles. The van der Waals surface area contributed by atoms with E-state index in [9.17, 15) is 9.59 Å². The lowest BCUT2D eigenvalue weighted by Gasteiger charge is -1.82. The Kier molecular flexibility index (Phi) is 7.11. The van der Waals surface area contributed by atoms with Crippen LogP contribution in [-0.2, 0) is 9.59 Å². The van der Waals surface area contributed by atoms with Gasteiger partial charge in [0.25, 0.3) is 0 Å². The van der Waals surface area contributed by atoms with E-state index in [2.05, 4.69) is 5.32 Å². The van der Waals surface area contributed by atoms with Crippen LogP contribution in [0.4, 0.5) is 0 Å². The Hall–Kier alpha value is -1.64. The summed E-state index contributed by atoms with van der Waals surface area (Å²) in [6.45, 7) is 0. The lowest BCUT2D eigenvalue weighted by Crippen LogP contribution is -1.90. The van der Waals surface area contributed by atoms with Crippen LogP contribution in [0.5, 0.6) is 0 Å². The fourth-order valence-electron chi connectivity index (χ4n) is 0.371. The van der Waals surface area contributed by atoms with Gasteiger partial charge in [-0.1, -0.05) is 6.08 Å². The third-order valence-electron chi connectivity index (χ3n) is 0.764. The molecular weight excluding hydrogens is 142 g/mol. The van der Waals surface area contributed by atoms with E-state index in [0.29, 0.717) is 12.6 Å². The molecule has 3 nitrogen and oxygen atoms in total. The Morgan fingerprint density at radius 2 is 1.36 bits per heavy atom. The van der Waals surface area contributed by atoms with Crippen LogP contribution in [0.1, 0.15) is 0 Å². The van der Waals surface area contributed by atoms with Crippen molar-refractivity contribution in [2.24, 2.45) is 0 Å². The van der Waals surface area contributed by atoms with Crippen molar-refractivity contribution in [2.45, 2.75) is 0 Å². The summed E-state index contributed by atoms with van der Waals surface area (Å²) < 4.78 is 0. The molecule has 0 aliphatic carbocycles. The van der Waals surface area contributed by atoms with Crippen molar-refractivity contribution in [2.75, 3.05) is 0 Å². The van der Waals surface area contributed by atoms with Gasteiger partial charge in [-0.25, -0.2) is 0 Å². The van der Waals surface area contributed by atoms with Crippen LogP contribution in [0.25, 0.3) is 0 Å².